The van der Waals surface area contributed by atoms with Gasteiger partial charge in [-0.25, -0.2) is 4.79 Å². The fourth-order valence-electron chi connectivity index (χ4n) is 1.14. The summed E-state index contributed by atoms with van der Waals surface area (Å²) >= 11 is 0. The molecule has 0 saturated heterocycles. The first-order chi connectivity index (χ1) is 7.46. The second-order valence-electron chi connectivity index (χ2n) is 4.35. The highest BCUT2D eigenvalue weighted by Gasteiger charge is 2.22. The van der Waals surface area contributed by atoms with Gasteiger partial charge in [0.2, 0.25) is 0 Å². The zero-order valence-electron chi connectivity index (χ0n) is 10.1. The zero-order valence-corrected chi connectivity index (χ0v) is 10.1. The topological polar surface area (TPSA) is 26.3 Å². The van der Waals surface area contributed by atoms with Crippen molar-refractivity contribution in [2.24, 2.45) is 0 Å². The molecule has 0 heterocycles. The van der Waals surface area contributed by atoms with Crippen LogP contribution in [0.5, 0.6) is 0 Å². The van der Waals surface area contributed by atoms with E-state index in [-0.39, 0.29) is 5.97 Å². The summed E-state index contributed by atoms with van der Waals surface area (Å²) in [5, 5.41) is 0. The van der Waals surface area contributed by atoms with Gasteiger partial charge in [0, 0.05) is 0 Å². The molecule has 0 bridgehead atoms. The average Bonchev–Trinajstić information content (AvgIpc) is 2.28. The van der Waals surface area contributed by atoms with E-state index in [0.29, 0.717) is 5.57 Å². The molecule has 0 aliphatic rings. The van der Waals surface area contributed by atoms with Crippen molar-refractivity contribution >= 4 is 11.5 Å². The van der Waals surface area contributed by atoms with Crippen LogP contribution in [-0.2, 0) is 9.53 Å². The van der Waals surface area contributed by atoms with Gasteiger partial charge in [-0.15, -0.1) is 0 Å². The number of esters is 1. The Morgan fingerprint density at radius 3 is 2.38 bits per heavy atom. The minimum atomic E-state index is -0.436. The van der Waals surface area contributed by atoms with Gasteiger partial charge in [0.05, 0.1) is 5.57 Å². The Bertz CT molecular complexity index is 377. The lowest BCUT2D eigenvalue weighted by atomic mass is 10.1. The van der Waals surface area contributed by atoms with Crippen LogP contribution < -0.4 is 0 Å². The normalized spacial score (nSPS) is 10.9. The Balaban J connectivity index is 2.73. The Morgan fingerprint density at radius 1 is 1.31 bits per heavy atom. The number of ether oxygens (including phenoxy) is 1. The molecule has 2 nitrogen and oxygen atoms in total. The molecule has 0 aliphatic carbocycles. The van der Waals surface area contributed by atoms with E-state index in [1.807, 2.05) is 51.1 Å². The third-order valence-electron chi connectivity index (χ3n) is 2.59. The van der Waals surface area contributed by atoms with E-state index in [9.17, 15) is 4.79 Å². The Hall–Kier alpha value is -1.57. The molecule has 0 spiro atoms. The van der Waals surface area contributed by atoms with Crippen LogP contribution in [0.2, 0.25) is 0 Å². The van der Waals surface area contributed by atoms with Crippen molar-refractivity contribution in [3.05, 3.63) is 42.5 Å². The fourth-order valence-corrected chi connectivity index (χ4v) is 1.14. The van der Waals surface area contributed by atoms with Crippen molar-refractivity contribution in [3.63, 3.8) is 0 Å². The maximum atomic E-state index is 11.8. The first-order valence-electron chi connectivity index (χ1n) is 5.44. The van der Waals surface area contributed by atoms with Crippen LogP contribution in [0.15, 0.2) is 36.9 Å². The lowest BCUT2D eigenvalue weighted by molar-refractivity contribution is -0.149. The molecule has 16 heavy (non-hydrogen) atoms. The van der Waals surface area contributed by atoms with Crippen LogP contribution in [0.1, 0.15) is 32.8 Å². The van der Waals surface area contributed by atoms with E-state index in [1.54, 1.807) is 0 Å². The van der Waals surface area contributed by atoms with Crippen molar-refractivity contribution < 1.29 is 9.53 Å². The summed E-state index contributed by atoms with van der Waals surface area (Å²) in [5.74, 6) is -0.349. The van der Waals surface area contributed by atoms with Crippen molar-refractivity contribution in [1.82, 2.24) is 0 Å². The van der Waals surface area contributed by atoms with Gasteiger partial charge in [0.1, 0.15) is 5.60 Å². The number of carbonyl (C=O) groups excluding carboxylic acids is 1. The molecule has 0 amide bonds. The van der Waals surface area contributed by atoms with Gasteiger partial charge in [-0.2, -0.15) is 0 Å². The monoisotopic (exact) mass is 218 g/mol. The van der Waals surface area contributed by atoms with Crippen LogP contribution in [0.25, 0.3) is 5.57 Å². The summed E-state index contributed by atoms with van der Waals surface area (Å²) < 4.78 is 5.36. The molecule has 2 heteroatoms. The highest BCUT2D eigenvalue weighted by Crippen LogP contribution is 2.20. The summed E-state index contributed by atoms with van der Waals surface area (Å²) in [6, 6.07) is 9.35. The zero-order chi connectivity index (χ0) is 12.2. The van der Waals surface area contributed by atoms with Gasteiger partial charge < -0.3 is 4.74 Å². The standard InChI is InChI=1S/C14H18O2/c1-5-14(3,4)16-13(15)11(2)12-9-7-6-8-10-12/h6-10H,2,5H2,1,3-4H3. The van der Waals surface area contributed by atoms with Gasteiger partial charge in [-0.05, 0) is 25.8 Å². The lowest BCUT2D eigenvalue weighted by Crippen LogP contribution is -2.27. The number of carbonyl (C=O) groups is 1. The van der Waals surface area contributed by atoms with Crippen LogP contribution >= 0.6 is 0 Å². The van der Waals surface area contributed by atoms with E-state index >= 15 is 0 Å². The van der Waals surface area contributed by atoms with E-state index in [4.69, 9.17) is 4.74 Å². The van der Waals surface area contributed by atoms with Gasteiger partial charge in [0.15, 0.2) is 0 Å². The Labute approximate surface area is 96.9 Å². The third kappa shape index (κ3) is 3.23. The van der Waals surface area contributed by atoms with E-state index in [1.165, 1.54) is 0 Å². The molecule has 0 fully saturated rings. The van der Waals surface area contributed by atoms with Crippen LogP contribution in [0, 0.1) is 0 Å². The summed E-state index contributed by atoms with van der Waals surface area (Å²) in [5.41, 5.74) is 0.774. The van der Waals surface area contributed by atoms with Gasteiger partial charge in [0.25, 0.3) is 0 Å². The molecule has 0 unspecified atom stereocenters. The predicted molar refractivity (Wildman–Crippen MR) is 65.9 cm³/mol. The molecule has 1 aromatic carbocycles. The Morgan fingerprint density at radius 2 is 1.88 bits per heavy atom. The van der Waals surface area contributed by atoms with Gasteiger partial charge in [-0.3, -0.25) is 0 Å². The van der Waals surface area contributed by atoms with Crippen molar-refractivity contribution in [2.75, 3.05) is 0 Å². The summed E-state index contributed by atoms with van der Waals surface area (Å²) in [7, 11) is 0. The maximum Gasteiger partial charge on any atom is 0.338 e. The molecule has 86 valence electrons. The highest BCUT2D eigenvalue weighted by molar-refractivity contribution is 6.15. The molecular weight excluding hydrogens is 200 g/mol. The largest absolute Gasteiger partial charge is 0.456 e. The Kier molecular flexibility index (Phi) is 3.88. The lowest BCUT2D eigenvalue weighted by Gasteiger charge is -2.23. The van der Waals surface area contributed by atoms with Crippen LogP contribution in [-0.4, -0.2) is 11.6 Å². The molecule has 1 rings (SSSR count). The second-order valence-corrected chi connectivity index (χ2v) is 4.35. The first kappa shape index (κ1) is 12.5. The van der Waals surface area contributed by atoms with Crippen molar-refractivity contribution in [2.45, 2.75) is 32.8 Å². The summed E-state index contributed by atoms with van der Waals surface area (Å²) in [4.78, 5) is 11.8. The quantitative estimate of drug-likeness (QED) is 0.571. The first-order valence-corrected chi connectivity index (χ1v) is 5.44. The molecule has 0 N–H and O–H groups in total. The molecule has 0 radical (unpaired) electrons. The smallest absolute Gasteiger partial charge is 0.338 e. The number of hydrogen-bond acceptors (Lipinski definition) is 2. The number of benzene rings is 1. The molecule has 0 aromatic heterocycles. The maximum absolute atomic E-state index is 11.8. The second kappa shape index (κ2) is 4.97. The third-order valence-corrected chi connectivity index (χ3v) is 2.59. The minimum Gasteiger partial charge on any atom is -0.456 e. The molecular formula is C14H18O2. The molecule has 0 saturated carbocycles. The minimum absolute atomic E-state index is 0.349. The number of rotatable bonds is 4. The predicted octanol–water partition coefficient (Wildman–Crippen LogP) is 3.43. The van der Waals surface area contributed by atoms with E-state index < -0.39 is 5.60 Å². The van der Waals surface area contributed by atoms with Gasteiger partial charge >= 0.3 is 5.97 Å². The summed E-state index contributed by atoms with van der Waals surface area (Å²) in [6.45, 7) is 9.54. The van der Waals surface area contributed by atoms with E-state index in [0.717, 1.165) is 12.0 Å². The number of hydrogen-bond donors (Lipinski definition) is 0. The average molecular weight is 218 g/mol. The van der Waals surface area contributed by atoms with Crippen LogP contribution in [0.4, 0.5) is 0 Å². The van der Waals surface area contributed by atoms with E-state index in [2.05, 4.69) is 6.58 Å². The van der Waals surface area contributed by atoms with Crippen molar-refractivity contribution in [1.29, 1.82) is 0 Å². The molecule has 1 aromatic rings. The molecule has 0 atom stereocenters. The molecule has 0 aliphatic heterocycles. The summed E-state index contributed by atoms with van der Waals surface area (Å²) in [6.07, 6.45) is 0.779. The van der Waals surface area contributed by atoms with Crippen molar-refractivity contribution in [3.8, 4) is 0 Å². The van der Waals surface area contributed by atoms with Crippen LogP contribution in [0.3, 0.4) is 0 Å². The fraction of sp³-hybridized carbons (Fsp3) is 0.357. The SMILES string of the molecule is C=C(C(=O)OC(C)(C)CC)c1ccccc1. The van der Waals surface area contributed by atoms with Gasteiger partial charge in [-0.1, -0.05) is 43.8 Å². The highest BCUT2D eigenvalue weighted by atomic mass is 16.6.